The quantitative estimate of drug-likeness (QED) is 0.343. The van der Waals surface area contributed by atoms with Gasteiger partial charge in [-0.2, -0.15) is 0 Å². The van der Waals surface area contributed by atoms with E-state index in [1.807, 2.05) is 0 Å². The minimum Gasteiger partial charge on any atom is -0.748 e. The van der Waals surface area contributed by atoms with Crippen LogP contribution >= 0.6 is 0 Å². The molecule has 0 bridgehead atoms. The Hall–Kier alpha value is -0.470. The number of carbonyl (C=O) groups excluding carboxylic acids is 1. The summed E-state index contributed by atoms with van der Waals surface area (Å²) in [6, 6.07) is 3.21. The van der Waals surface area contributed by atoms with E-state index in [9.17, 15) is 17.8 Å². The third-order valence-electron chi connectivity index (χ3n) is 1.78. The standard InChI is InChI=1S/C9H12N2O4S.Na/c12-9(8-3-1-4-10-7-8)11-5-2-6-16(13,14)15;/h1,3-4,7H,2,5-6H2,(H,11,12)(H,13,14,15);/q;+1/p-1. The Kier molecular flexibility index (Phi) is 7.56. The Labute approximate surface area is 122 Å². The number of aromatic nitrogens is 1. The Morgan fingerprint density at radius 2 is 2.18 bits per heavy atom. The number of rotatable bonds is 5. The van der Waals surface area contributed by atoms with Gasteiger partial charge in [-0.05, 0) is 18.6 Å². The molecule has 0 aliphatic heterocycles. The summed E-state index contributed by atoms with van der Waals surface area (Å²) in [5.41, 5.74) is 0.396. The Bertz CT molecular complexity index is 449. The molecule has 8 heteroatoms. The fraction of sp³-hybridized carbons (Fsp3) is 0.333. The van der Waals surface area contributed by atoms with E-state index in [1.165, 1.54) is 6.20 Å². The van der Waals surface area contributed by atoms with Crippen LogP contribution in [0.4, 0.5) is 0 Å². The van der Waals surface area contributed by atoms with Crippen molar-refractivity contribution >= 4 is 16.0 Å². The van der Waals surface area contributed by atoms with Crippen molar-refractivity contribution in [1.82, 2.24) is 10.3 Å². The SMILES string of the molecule is O=C(NCCCS(=O)(=O)[O-])c1cccnc1.[Na+]. The summed E-state index contributed by atoms with van der Waals surface area (Å²) in [7, 11) is -4.20. The zero-order valence-corrected chi connectivity index (χ0v) is 12.2. The molecule has 0 saturated heterocycles. The normalized spacial score (nSPS) is 10.4. The number of nitrogens with zero attached hydrogens (tertiary/aromatic N) is 1. The van der Waals surface area contributed by atoms with Gasteiger partial charge in [0.2, 0.25) is 0 Å². The number of pyridine rings is 1. The van der Waals surface area contributed by atoms with Crippen molar-refractivity contribution in [2.45, 2.75) is 6.42 Å². The molecule has 0 aliphatic carbocycles. The van der Waals surface area contributed by atoms with E-state index in [1.54, 1.807) is 18.3 Å². The minimum atomic E-state index is -4.20. The zero-order valence-electron chi connectivity index (χ0n) is 9.42. The first-order valence-electron chi connectivity index (χ1n) is 4.61. The molecule has 0 unspecified atom stereocenters. The molecular formula is C9H11N2NaO4S. The molecule has 1 aromatic heterocycles. The van der Waals surface area contributed by atoms with E-state index in [0.717, 1.165) is 0 Å². The first-order chi connectivity index (χ1) is 7.49. The van der Waals surface area contributed by atoms with Gasteiger partial charge in [0.25, 0.3) is 5.91 Å². The first-order valence-corrected chi connectivity index (χ1v) is 6.18. The maximum absolute atomic E-state index is 11.4. The van der Waals surface area contributed by atoms with Crippen molar-refractivity contribution in [3.8, 4) is 0 Å². The molecule has 0 aliphatic rings. The van der Waals surface area contributed by atoms with Crippen molar-refractivity contribution in [1.29, 1.82) is 0 Å². The maximum Gasteiger partial charge on any atom is 1.00 e. The Morgan fingerprint density at radius 3 is 2.71 bits per heavy atom. The van der Waals surface area contributed by atoms with Crippen LogP contribution in [0.2, 0.25) is 0 Å². The van der Waals surface area contributed by atoms with Gasteiger partial charge in [0, 0.05) is 24.7 Å². The van der Waals surface area contributed by atoms with Crippen LogP contribution in [0.3, 0.4) is 0 Å². The molecule has 1 heterocycles. The van der Waals surface area contributed by atoms with E-state index in [-0.39, 0.29) is 48.4 Å². The molecule has 17 heavy (non-hydrogen) atoms. The topological polar surface area (TPSA) is 99.2 Å². The van der Waals surface area contributed by atoms with Crippen LogP contribution in [0.5, 0.6) is 0 Å². The van der Waals surface area contributed by atoms with Crippen LogP contribution in [0.15, 0.2) is 24.5 Å². The van der Waals surface area contributed by atoms with Gasteiger partial charge < -0.3 is 9.87 Å². The van der Waals surface area contributed by atoms with Gasteiger partial charge in [0.15, 0.2) is 0 Å². The molecule has 6 nitrogen and oxygen atoms in total. The maximum atomic E-state index is 11.4. The largest absolute Gasteiger partial charge is 1.00 e. The van der Waals surface area contributed by atoms with Crippen LogP contribution in [0.1, 0.15) is 16.8 Å². The Morgan fingerprint density at radius 1 is 1.47 bits per heavy atom. The molecule has 1 N–H and O–H groups in total. The smallest absolute Gasteiger partial charge is 0.748 e. The molecule has 88 valence electrons. The zero-order chi connectivity index (χ0) is 12.0. The van der Waals surface area contributed by atoms with Gasteiger partial charge in [0.05, 0.1) is 15.7 Å². The van der Waals surface area contributed by atoms with Gasteiger partial charge in [-0.15, -0.1) is 0 Å². The van der Waals surface area contributed by atoms with E-state index in [2.05, 4.69) is 10.3 Å². The second-order valence-electron chi connectivity index (χ2n) is 3.11. The third kappa shape index (κ3) is 7.45. The number of hydrogen-bond donors (Lipinski definition) is 1. The molecular weight excluding hydrogens is 255 g/mol. The van der Waals surface area contributed by atoms with Crippen LogP contribution in [-0.2, 0) is 10.1 Å². The minimum absolute atomic E-state index is 0. The molecule has 0 radical (unpaired) electrons. The van der Waals surface area contributed by atoms with Gasteiger partial charge in [0.1, 0.15) is 0 Å². The van der Waals surface area contributed by atoms with Gasteiger partial charge in [-0.25, -0.2) is 8.42 Å². The summed E-state index contributed by atoms with van der Waals surface area (Å²) < 4.78 is 30.8. The van der Waals surface area contributed by atoms with Crippen LogP contribution in [-0.4, -0.2) is 36.2 Å². The first kappa shape index (κ1) is 16.5. The second kappa shape index (κ2) is 7.78. The number of amides is 1. The molecule has 0 aromatic carbocycles. The summed E-state index contributed by atoms with van der Waals surface area (Å²) in [6.07, 6.45) is 3.05. The predicted octanol–water partition coefficient (Wildman–Crippen LogP) is -3.25. The summed E-state index contributed by atoms with van der Waals surface area (Å²) >= 11 is 0. The third-order valence-corrected chi connectivity index (χ3v) is 2.57. The Balaban J connectivity index is 0.00000256. The van der Waals surface area contributed by atoms with Crippen LogP contribution < -0.4 is 34.9 Å². The van der Waals surface area contributed by atoms with Crippen molar-refractivity contribution in [2.24, 2.45) is 0 Å². The molecule has 1 rings (SSSR count). The van der Waals surface area contributed by atoms with Gasteiger partial charge in [-0.3, -0.25) is 9.78 Å². The van der Waals surface area contributed by atoms with E-state index in [0.29, 0.717) is 5.56 Å². The fourth-order valence-electron chi connectivity index (χ4n) is 1.05. The monoisotopic (exact) mass is 266 g/mol. The van der Waals surface area contributed by atoms with Gasteiger partial charge in [-0.1, -0.05) is 0 Å². The van der Waals surface area contributed by atoms with Crippen molar-refractivity contribution < 1.29 is 47.3 Å². The molecule has 1 amide bonds. The number of hydrogen-bond acceptors (Lipinski definition) is 5. The second-order valence-corrected chi connectivity index (χ2v) is 4.64. The van der Waals surface area contributed by atoms with Gasteiger partial charge >= 0.3 is 29.6 Å². The average molecular weight is 266 g/mol. The summed E-state index contributed by atoms with van der Waals surface area (Å²) in [6.45, 7) is 0.148. The molecule has 0 spiro atoms. The molecule has 0 fully saturated rings. The van der Waals surface area contributed by atoms with E-state index < -0.39 is 15.9 Å². The van der Waals surface area contributed by atoms with Crippen molar-refractivity contribution in [3.05, 3.63) is 30.1 Å². The fourth-order valence-corrected chi connectivity index (χ4v) is 1.55. The van der Waals surface area contributed by atoms with Crippen molar-refractivity contribution in [2.75, 3.05) is 12.3 Å². The van der Waals surface area contributed by atoms with Crippen LogP contribution in [0, 0.1) is 0 Å². The number of carbonyl (C=O) groups is 1. The van der Waals surface area contributed by atoms with Crippen molar-refractivity contribution in [3.63, 3.8) is 0 Å². The summed E-state index contributed by atoms with van der Waals surface area (Å²) in [5.74, 6) is -0.809. The molecule has 1 aromatic rings. The number of nitrogens with one attached hydrogen (secondary N) is 1. The van der Waals surface area contributed by atoms with E-state index >= 15 is 0 Å². The predicted molar refractivity (Wildman–Crippen MR) is 55.8 cm³/mol. The molecule has 0 saturated carbocycles. The average Bonchev–Trinajstić information content (AvgIpc) is 2.24. The van der Waals surface area contributed by atoms with E-state index in [4.69, 9.17) is 0 Å². The summed E-state index contributed by atoms with van der Waals surface area (Å²) in [5, 5.41) is 2.49. The summed E-state index contributed by atoms with van der Waals surface area (Å²) in [4.78, 5) is 15.2. The van der Waals surface area contributed by atoms with Crippen LogP contribution in [0.25, 0.3) is 0 Å². The molecule has 0 atom stereocenters.